The molecule has 2 N–H and O–H groups in total. The first-order valence-electron chi connectivity index (χ1n) is 10.5. The first-order chi connectivity index (χ1) is 15.2. The Labute approximate surface area is 193 Å². The molecule has 2 aromatic rings. The molecule has 0 amide bonds. The van der Waals surface area contributed by atoms with Crippen molar-refractivity contribution >= 4 is 27.4 Å². The Balaban J connectivity index is 1.57. The third-order valence-electron chi connectivity index (χ3n) is 5.41. The Hall–Kier alpha value is -2.13. The van der Waals surface area contributed by atoms with Crippen LogP contribution in [0, 0.1) is 0 Å². The number of esters is 1. The molecule has 1 unspecified atom stereocenters. The molecule has 32 heavy (non-hydrogen) atoms. The lowest BCUT2D eigenvalue weighted by Gasteiger charge is -2.27. The van der Waals surface area contributed by atoms with Gasteiger partial charge in [-0.25, -0.2) is 13.2 Å². The van der Waals surface area contributed by atoms with Gasteiger partial charge in [0, 0.05) is 18.8 Å². The smallest absolute Gasteiger partial charge is 0.344 e. The number of aryl methyl sites for hydroxylation is 1. The van der Waals surface area contributed by atoms with Crippen molar-refractivity contribution in [2.45, 2.75) is 43.2 Å². The maximum Gasteiger partial charge on any atom is 0.344 e. The van der Waals surface area contributed by atoms with Crippen LogP contribution in [-0.2, 0) is 32.2 Å². The summed E-state index contributed by atoms with van der Waals surface area (Å²) < 4.78 is 33.8. The average molecular weight is 482 g/mol. The largest absolute Gasteiger partial charge is 0.482 e. The van der Waals surface area contributed by atoms with Crippen LogP contribution in [0.4, 0.5) is 0 Å². The van der Waals surface area contributed by atoms with E-state index in [1.54, 1.807) is 13.0 Å². The molecule has 0 saturated heterocycles. The molecular weight excluding hydrogens is 454 g/mol. The zero-order valence-corrected chi connectivity index (χ0v) is 19.7. The third-order valence-corrected chi connectivity index (χ3v) is 6.99. The molecular formula is C23H28ClNO6S. The molecule has 1 aliphatic carbocycles. The van der Waals surface area contributed by atoms with Crippen LogP contribution in [-0.4, -0.2) is 51.5 Å². The molecule has 0 aliphatic heterocycles. The molecule has 0 fully saturated rings. The predicted molar refractivity (Wildman–Crippen MR) is 122 cm³/mol. The lowest BCUT2D eigenvalue weighted by atomic mass is 9.88. The summed E-state index contributed by atoms with van der Waals surface area (Å²) in [5, 5.41) is 14.0. The first-order valence-corrected chi connectivity index (χ1v) is 12.8. The van der Waals surface area contributed by atoms with Gasteiger partial charge in [0.15, 0.2) is 16.4 Å². The van der Waals surface area contributed by atoms with Gasteiger partial charge in [-0.3, -0.25) is 0 Å². The van der Waals surface area contributed by atoms with Gasteiger partial charge in [-0.05, 0) is 67.1 Å². The molecule has 0 spiro atoms. The molecule has 1 aliphatic rings. The Bertz CT molecular complexity index is 1070. The lowest BCUT2D eigenvalue weighted by molar-refractivity contribution is -0.145. The van der Waals surface area contributed by atoms with Crippen LogP contribution in [0.25, 0.3) is 0 Å². The van der Waals surface area contributed by atoms with Crippen molar-refractivity contribution in [2.24, 2.45) is 0 Å². The van der Waals surface area contributed by atoms with Crippen molar-refractivity contribution < 1.29 is 27.8 Å². The van der Waals surface area contributed by atoms with Crippen molar-refractivity contribution in [3.63, 3.8) is 0 Å². The number of aliphatic hydroxyl groups excluding tert-OH is 1. The molecule has 0 heterocycles. The van der Waals surface area contributed by atoms with Crippen LogP contribution in [0.15, 0.2) is 41.3 Å². The van der Waals surface area contributed by atoms with Gasteiger partial charge in [-0.15, -0.1) is 0 Å². The van der Waals surface area contributed by atoms with E-state index in [9.17, 15) is 18.3 Å². The maximum absolute atomic E-state index is 11.7. The van der Waals surface area contributed by atoms with Gasteiger partial charge in [0.25, 0.3) is 0 Å². The van der Waals surface area contributed by atoms with Crippen molar-refractivity contribution in [1.29, 1.82) is 0 Å². The minimum absolute atomic E-state index is 0.0490. The monoisotopic (exact) mass is 481 g/mol. The van der Waals surface area contributed by atoms with Crippen molar-refractivity contribution in [1.82, 2.24) is 5.32 Å². The normalized spacial score (nSPS) is 16.8. The highest BCUT2D eigenvalue weighted by molar-refractivity contribution is 7.90. The van der Waals surface area contributed by atoms with Gasteiger partial charge in [-0.1, -0.05) is 23.7 Å². The second-order valence-corrected chi connectivity index (χ2v) is 10.2. The fraction of sp³-hybridized carbons (Fsp3) is 0.435. The van der Waals surface area contributed by atoms with Crippen LogP contribution in [0.2, 0.25) is 5.02 Å². The van der Waals surface area contributed by atoms with E-state index in [1.165, 1.54) is 17.7 Å². The number of hydrogen-bond donors (Lipinski definition) is 2. The summed E-state index contributed by atoms with van der Waals surface area (Å²) in [5.74, 6) is 0.224. The second-order valence-electron chi connectivity index (χ2n) is 7.85. The molecule has 3 rings (SSSR count). The van der Waals surface area contributed by atoms with E-state index in [-0.39, 0.29) is 22.6 Å². The van der Waals surface area contributed by atoms with Gasteiger partial charge in [0.2, 0.25) is 0 Å². The lowest BCUT2D eigenvalue weighted by Crippen LogP contribution is -2.37. The minimum Gasteiger partial charge on any atom is -0.482 e. The molecule has 9 heteroatoms. The SMILES string of the molecule is CCOC(=O)COc1ccc2c(c1)CC(NC[C@@H](O)c1ccc(S(C)(=O)=O)c(Cl)c1)CC2. The fourth-order valence-corrected chi connectivity index (χ4v) is 5.10. The Morgan fingerprint density at radius 2 is 2.03 bits per heavy atom. The van der Waals surface area contributed by atoms with E-state index < -0.39 is 21.9 Å². The molecule has 0 aromatic heterocycles. The number of halogens is 1. The van der Waals surface area contributed by atoms with E-state index in [0.29, 0.717) is 24.5 Å². The van der Waals surface area contributed by atoms with Crippen molar-refractivity contribution in [3.8, 4) is 5.75 Å². The standard InChI is InChI=1S/C23H28ClNO6S/c1-3-30-23(27)14-31-19-8-5-15-4-7-18(10-17(15)11-19)25-13-21(26)16-6-9-22(20(24)12-16)32(2,28)29/h5-6,8-9,11-12,18,21,25-26H,3-4,7,10,13-14H2,1-2H3/t18?,21-/m1/s1. The highest BCUT2D eigenvalue weighted by Gasteiger charge is 2.21. The number of carbonyl (C=O) groups excluding carboxylic acids is 1. The number of hydrogen-bond acceptors (Lipinski definition) is 7. The minimum atomic E-state index is -3.41. The number of fused-ring (bicyclic) bond motifs is 1. The first kappa shape index (κ1) is 24.5. The van der Waals surface area contributed by atoms with E-state index in [2.05, 4.69) is 5.32 Å². The van der Waals surface area contributed by atoms with E-state index >= 15 is 0 Å². The van der Waals surface area contributed by atoms with Crippen LogP contribution >= 0.6 is 11.6 Å². The van der Waals surface area contributed by atoms with Gasteiger partial charge in [0.1, 0.15) is 5.75 Å². The average Bonchev–Trinajstić information content (AvgIpc) is 2.75. The predicted octanol–water partition coefficient (Wildman–Crippen LogP) is 2.87. The van der Waals surface area contributed by atoms with Gasteiger partial charge in [0.05, 0.1) is 22.6 Å². The van der Waals surface area contributed by atoms with Crippen molar-refractivity contribution in [2.75, 3.05) is 26.0 Å². The Morgan fingerprint density at radius 1 is 1.25 bits per heavy atom. The molecule has 0 bridgehead atoms. The number of aliphatic hydroxyl groups is 1. The number of sulfone groups is 1. The Morgan fingerprint density at radius 3 is 2.72 bits per heavy atom. The number of rotatable bonds is 9. The molecule has 0 saturated carbocycles. The summed E-state index contributed by atoms with van der Waals surface area (Å²) in [6.45, 7) is 2.26. The van der Waals surface area contributed by atoms with Gasteiger partial charge < -0.3 is 19.9 Å². The summed E-state index contributed by atoms with van der Waals surface area (Å²) in [7, 11) is -3.41. The fourth-order valence-electron chi connectivity index (χ4n) is 3.76. The van der Waals surface area contributed by atoms with Gasteiger partial charge in [-0.2, -0.15) is 0 Å². The van der Waals surface area contributed by atoms with E-state index in [1.807, 2.05) is 18.2 Å². The summed E-state index contributed by atoms with van der Waals surface area (Å²) in [6, 6.07) is 10.5. The van der Waals surface area contributed by atoms with Crippen LogP contribution < -0.4 is 10.1 Å². The molecule has 2 atom stereocenters. The highest BCUT2D eigenvalue weighted by atomic mass is 35.5. The summed E-state index contributed by atoms with van der Waals surface area (Å²) in [6.07, 6.45) is 2.88. The third kappa shape index (κ3) is 6.45. The summed E-state index contributed by atoms with van der Waals surface area (Å²) in [4.78, 5) is 11.5. The summed E-state index contributed by atoms with van der Waals surface area (Å²) in [5.41, 5.74) is 2.95. The molecule has 174 valence electrons. The quantitative estimate of drug-likeness (QED) is 0.531. The van der Waals surface area contributed by atoms with E-state index in [4.69, 9.17) is 21.1 Å². The number of benzene rings is 2. The maximum atomic E-state index is 11.7. The molecule has 7 nitrogen and oxygen atoms in total. The van der Waals surface area contributed by atoms with E-state index in [0.717, 1.165) is 31.1 Å². The van der Waals surface area contributed by atoms with Crippen molar-refractivity contribution in [3.05, 3.63) is 58.1 Å². The van der Waals surface area contributed by atoms with Crippen LogP contribution in [0.3, 0.4) is 0 Å². The van der Waals surface area contributed by atoms with Crippen LogP contribution in [0.1, 0.15) is 36.1 Å². The zero-order valence-electron chi connectivity index (χ0n) is 18.1. The van der Waals surface area contributed by atoms with Gasteiger partial charge >= 0.3 is 5.97 Å². The molecule has 2 aromatic carbocycles. The second kappa shape index (κ2) is 10.7. The topological polar surface area (TPSA) is 102 Å². The number of carbonyl (C=O) groups is 1. The highest BCUT2D eigenvalue weighted by Crippen LogP contribution is 2.27. The summed E-state index contributed by atoms with van der Waals surface area (Å²) >= 11 is 6.09. The number of nitrogens with one attached hydrogen (secondary N) is 1. The number of ether oxygens (including phenoxy) is 2. The Kier molecular flexibility index (Phi) is 8.16. The molecule has 0 radical (unpaired) electrons. The van der Waals surface area contributed by atoms with Crippen LogP contribution in [0.5, 0.6) is 5.75 Å². The zero-order chi connectivity index (χ0) is 23.3.